The van der Waals surface area contributed by atoms with E-state index in [0.29, 0.717) is 29.6 Å². The molecule has 28 heavy (non-hydrogen) atoms. The minimum absolute atomic E-state index is 0.0854. The molecule has 1 aliphatic heterocycles. The molecule has 0 aliphatic carbocycles. The van der Waals surface area contributed by atoms with E-state index in [2.05, 4.69) is 15.0 Å². The molecule has 0 bridgehead atoms. The second-order valence-electron chi connectivity index (χ2n) is 6.82. The van der Waals surface area contributed by atoms with Gasteiger partial charge in [-0.05, 0) is 48.4 Å². The summed E-state index contributed by atoms with van der Waals surface area (Å²) in [5, 5.41) is 4.62. The summed E-state index contributed by atoms with van der Waals surface area (Å²) < 4.78 is 5.36. The molecule has 1 saturated heterocycles. The van der Waals surface area contributed by atoms with Crippen LogP contribution in [-0.4, -0.2) is 58.6 Å². The van der Waals surface area contributed by atoms with E-state index in [-0.39, 0.29) is 5.91 Å². The Labute approximate surface area is 168 Å². The molecule has 0 saturated carbocycles. The zero-order chi connectivity index (χ0) is 19.3. The highest BCUT2D eigenvalue weighted by Gasteiger charge is 2.24. The molecule has 7 heteroatoms. The van der Waals surface area contributed by atoms with E-state index >= 15 is 0 Å². The van der Waals surface area contributed by atoms with Crippen LogP contribution >= 0.6 is 11.6 Å². The maximum Gasteiger partial charge on any atom is 0.276 e. The second-order valence-corrected chi connectivity index (χ2v) is 7.26. The third-order valence-corrected chi connectivity index (χ3v) is 5.24. The van der Waals surface area contributed by atoms with Gasteiger partial charge in [0.1, 0.15) is 0 Å². The normalized spacial score (nSPS) is 15.0. The van der Waals surface area contributed by atoms with Crippen molar-refractivity contribution in [2.24, 2.45) is 0 Å². The third-order valence-electron chi connectivity index (χ3n) is 4.98. The van der Waals surface area contributed by atoms with E-state index in [9.17, 15) is 4.79 Å². The monoisotopic (exact) mass is 396 g/mol. The van der Waals surface area contributed by atoms with Gasteiger partial charge in [0.2, 0.25) is 0 Å². The third kappa shape index (κ3) is 4.40. The van der Waals surface area contributed by atoms with Crippen LogP contribution in [-0.2, 0) is 6.42 Å². The summed E-state index contributed by atoms with van der Waals surface area (Å²) in [6.45, 7) is 4.09. The van der Waals surface area contributed by atoms with E-state index in [1.54, 1.807) is 18.2 Å². The summed E-state index contributed by atoms with van der Waals surface area (Å²) in [6, 6.07) is 13.0. The smallest absolute Gasteiger partial charge is 0.276 e. The molecule has 6 nitrogen and oxygen atoms in total. The lowest BCUT2D eigenvalue weighted by Gasteiger charge is -2.34. The van der Waals surface area contributed by atoms with Gasteiger partial charge in [0.25, 0.3) is 5.91 Å². The second kappa shape index (κ2) is 8.54. The summed E-state index contributed by atoms with van der Waals surface area (Å²) in [4.78, 5) is 21.0. The van der Waals surface area contributed by atoms with Gasteiger partial charge in [0, 0.05) is 61.8 Å². The first-order valence-corrected chi connectivity index (χ1v) is 9.70. The standard InChI is InChI=1S/C21H21ClN4O2/c22-18-3-1-17(2-4-18)20-15-19(24-28-20)21(27)26-13-11-25(12-14-26)10-7-16-5-8-23-9-6-16/h1-6,8-9,15H,7,10-14H2. The number of aromatic nitrogens is 2. The maximum absolute atomic E-state index is 12.7. The van der Waals surface area contributed by atoms with Crippen LogP contribution in [0.15, 0.2) is 59.4 Å². The average Bonchev–Trinajstić information content (AvgIpc) is 3.24. The van der Waals surface area contributed by atoms with Gasteiger partial charge in [-0.2, -0.15) is 0 Å². The number of halogens is 1. The van der Waals surface area contributed by atoms with Crippen LogP contribution in [0.1, 0.15) is 16.1 Å². The molecule has 1 aliphatic rings. The predicted molar refractivity (Wildman–Crippen MR) is 107 cm³/mol. The summed E-state index contributed by atoms with van der Waals surface area (Å²) >= 11 is 5.91. The van der Waals surface area contributed by atoms with E-state index in [4.69, 9.17) is 16.1 Å². The number of carbonyl (C=O) groups is 1. The van der Waals surface area contributed by atoms with Crippen molar-refractivity contribution in [2.75, 3.05) is 32.7 Å². The summed E-state index contributed by atoms with van der Waals surface area (Å²) in [5.41, 5.74) is 2.47. The molecule has 3 aromatic rings. The number of rotatable bonds is 5. The largest absolute Gasteiger partial charge is 0.355 e. The summed E-state index contributed by atoms with van der Waals surface area (Å²) in [6.07, 6.45) is 4.63. The lowest BCUT2D eigenvalue weighted by atomic mass is 10.1. The van der Waals surface area contributed by atoms with Gasteiger partial charge >= 0.3 is 0 Å². The van der Waals surface area contributed by atoms with Gasteiger partial charge in [-0.15, -0.1) is 0 Å². The van der Waals surface area contributed by atoms with Gasteiger partial charge in [-0.3, -0.25) is 14.7 Å². The predicted octanol–water partition coefficient (Wildman–Crippen LogP) is 3.39. The van der Waals surface area contributed by atoms with Crippen molar-refractivity contribution in [2.45, 2.75) is 6.42 Å². The molecule has 0 N–H and O–H groups in total. The van der Waals surface area contributed by atoms with E-state index in [0.717, 1.165) is 31.6 Å². The van der Waals surface area contributed by atoms with Crippen molar-refractivity contribution in [3.8, 4) is 11.3 Å². The first kappa shape index (κ1) is 18.7. The van der Waals surface area contributed by atoms with Crippen LogP contribution in [0.5, 0.6) is 0 Å². The maximum atomic E-state index is 12.7. The molecular formula is C21H21ClN4O2. The molecule has 0 unspecified atom stereocenters. The van der Waals surface area contributed by atoms with E-state index in [1.165, 1.54) is 5.56 Å². The minimum atomic E-state index is -0.0854. The Hall–Kier alpha value is -2.70. The van der Waals surface area contributed by atoms with Crippen molar-refractivity contribution >= 4 is 17.5 Å². The number of amides is 1. The number of benzene rings is 1. The Bertz CT molecular complexity index is 919. The van der Waals surface area contributed by atoms with Gasteiger partial charge in [-0.1, -0.05) is 16.8 Å². The fourth-order valence-electron chi connectivity index (χ4n) is 3.30. The Balaban J connectivity index is 1.31. The van der Waals surface area contributed by atoms with Gasteiger partial charge in [0.15, 0.2) is 11.5 Å². The topological polar surface area (TPSA) is 62.5 Å². The number of hydrogen-bond acceptors (Lipinski definition) is 5. The molecule has 0 spiro atoms. The number of pyridine rings is 1. The lowest BCUT2D eigenvalue weighted by molar-refractivity contribution is 0.0628. The molecule has 1 fully saturated rings. The summed E-state index contributed by atoms with van der Waals surface area (Å²) in [7, 11) is 0. The molecule has 4 rings (SSSR count). The first-order valence-electron chi connectivity index (χ1n) is 9.32. The van der Waals surface area contributed by atoms with E-state index in [1.807, 2.05) is 41.6 Å². The number of hydrogen-bond donors (Lipinski definition) is 0. The molecule has 0 atom stereocenters. The zero-order valence-corrected chi connectivity index (χ0v) is 16.2. The molecular weight excluding hydrogens is 376 g/mol. The number of piperazine rings is 1. The van der Waals surface area contributed by atoms with E-state index < -0.39 is 0 Å². The fourth-order valence-corrected chi connectivity index (χ4v) is 3.43. The minimum Gasteiger partial charge on any atom is -0.355 e. The highest BCUT2D eigenvalue weighted by Crippen LogP contribution is 2.23. The number of carbonyl (C=O) groups excluding carboxylic acids is 1. The van der Waals surface area contributed by atoms with Crippen molar-refractivity contribution in [1.29, 1.82) is 0 Å². The van der Waals surface area contributed by atoms with Gasteiger partial charge < -0.3 is 9.42 Å². The highest BCUT2D eigenvalue weighted by molar-refractivity contribution is 6.30. The summed E-state index contributed by atoms with van der Waals surface area (Å²) in [5.74, 6) is 0.480. The Morgan fingerprint density at radius 2 is 1.75 bits per heavy atom. The molecule has 144 valence electrons. The van der Waals surface area contributed by atoms with Crippen LogP contribution in [0.2, 0.25) is 5.02 Å². The van der Waals surface area contributed by atoms with Crippen molar-refractivity contribution in [3.63, 3.8) is 0 Å². The first-order chi connectivity index (χ1) is 13.7. The van der Waals surface area contributed by atoms with Crippen LogP contribution < -0.4 is 0 Å². The molecule has 1 amide bonds. The van der Waals surface area contributed by atoms with Crippen LogP contribution in [0, 0.1) is 0 Å². The van der Waals surface area contributed by atoms with Crippen molar-refractivity contribution in [3.05, 3.63) is 71.1 Å². The number of nitrogens with zero attached hydrogens (tertiary/aromatic N) is 4. The van der Waals surface area contributed by atoms with Crippen molar-refractivity contribution < 1.29 is 9.32 Å². The van der Waals surface area contributed by atoms with Gasteiger partial charge in [0.05, 0.1) is 0 Å². The Morgan fingerprint density at radius 3 is 2.46 bits per heavy atom. The molecule has 1 aromatic carbocycles. The van der Waals surface area contributed by atoms with Crippen LogP contribution in [0.4, 0.5) is 0 Å². The average molecular weight is 397 g/mol. The zero-order valence-electron chi connectivity index (χ0n) is 15.4. The lowest BCUT2D eigenvalue weighted by Crippen LogP contribution is -2.49. The van der Waals surface area contributed by atoms with Crippen LogP contribution in [0.25, 0.3) is 11.3 Å². The van der Waals surface area contributed by atoms with Gasteiger partial charge in [-0.25, -0.2) is 0 Å². The Kier molecular flexibility index (Phi) is 5.69. The van der Waals surface area contributed by atoms with Crippen molar-refractivity contribution in [1.82, 2.24) is 19.9 Å². The molecule has 0 radical (unpaired) electrons. The SMILES string of the molecule is O=C(c1cc(-c2ccc(Cl)cc2)on1)N1CCN(CCc2ccncc2)CC1. The fraction of sp³-hybridized carbons (Fsp3) is 0.286. The van der Waals surface area contributed by atoms with Crippen LogP contribution in [0.3, 0.4) is 0 Å². The molecule has 3 heterocycles. The quantitative estimate of drug-likeness (QED) is 0.661. The highest BCUT2D eigenvalue weighted by atomic mass is 35.5. The Morgan fingerprint density at radius 1 is 1.04 bits per heavy atom. The molecule has 2 aromatic heterocycles.